The highest BCUT2D eigenvalue weighted by Gasteiger charge is 2.44. The van der Waals surface area contributed by atoms with Crippen LogP contribution in [0.2, 0.25) is 0 Å². The van der Waals surface area contributed by atoms with Crippen molar-refractivity contribution in [2.24, 2.45) is 5.73 Å². The Morgan fingerprint density at radius 1 is 1.62 bits per heavy atom. The van der Waals surface area contributed by atoms with E-state index in [4.69, 9.17) is 10.5 Å². The smallest absolute Gasteiger partial charge is 0.262 e. The molecule has 1 aliphatic rings. The van der Waals surface area contributed by atoms with Gasteiger partial charge >= 0.3 is 0 Å². The van der Waals surface area contributed by atoms with Crippen molar-refractivity contribution in [3.05, 3.63) is 0 Å². The molecule has 3 nitrogen and oxygen atoms in total. The standard InChI is InChI=1S/C8H16F2N2O/c1-13-5-7-4-8(9,10)6-12(7)3-2-11/h7H,2-6,11H2,1H3/t7-/m0/s1. The summed E-state index contributed by atoms with van der Waals surface area (Å²) in [6.07, 6.45) is -0.110. The third kappa shape index (κ3) is 2.86. The molecule has 1 rings (SSSR count). The molecular weight excluding hydrogens is 178 g/mol. The number of nitrogens with two attached hydrogens (primary N) is 1. The van der Waals surface area contributed by atoms with Gasteiger partial charge in [-0.25, -0.2) is 8.78 Å². The van der Waals surface area contributed by atoms with Crippen molar-refractivity contribution in [2.75, 3.05) is 33.4 Å². The number of rotatable bonds is 4. The summed E-state index contributed by atoms with van der Waals surface area (Å²) in [5, 5.41) is 0. The molecule has 1 heterocycles. The molecule has 0 unspecified atom stereocenters. The first-order chi connectivity index (χ1) is 6.09. The van der Waals surface area contributed by atoms with E-state index in [1.165, 1.54) is 7.11 Å². The average Bonchev–Trinajstić information content (AvgIpc) is 2.28. The molecule has 0 aromatic heterocycles. The van der Waals surface area contributed by atoms with Crippen LogP contribution in [0.25, 0.3) is 0 Å². The van der Waals surface area contributed by atoms with Crippen molar-refractivity contribution in [2.45, 2.75) is 18.4 Å². The van der Waals surface area contributed by atoms with E-state index >= 15 is 0 Å². The minimum absolute atomic E-state index is 0.110. The molecule has 1 saturated heterocycles. The Hall–Kier alpha value is -0.260. The molecule has 1 atom stereocenters. The van der Waals surface area contributed by atoms with Crippen molar-refractivity contribution in [1.29, 1.82) is 0 Å². The summed E-state index contributed by atoms with van der Waals surface area (Å²) in [6, 6.07) is -0.177. The highest BCUT2D eigenvalue weighted by molar-refractivity contribution is 4.90. The summed E-state index contributed by atoms with van der Waals surface area (Å²) in [7, 11) is 1.52. The minimum atomic E-state index is -2.57. The van der Waals surface area contributed by atoms with Crippen LogP contribution in [0.1, 0.15) is 6.42 Å². The average molecular weight is 194 g/mol. The van der Waals surface area contributed by atoms with Gasteiger partial charge in [-0.2, -0.15) is 0 Å². The number of likely N-dealkylation sites (tertiary alicyclic amines) is 1. The van der Waals surface area contributed by atoms with Gasteiger partial charge in [-0.1, -0.05) is 0 Å². The summed E-state index contributed by atoms with van der Waals surface area (Å²) >= 11 is 0. The number of ether oxygens (including phenoxy) is 1. The van der Waals surface area contributed by atoms with E-state index in [-0.39, 0.29) is 19.0 Å². The van der Waals surface area contributed by atoms with E-state index in [0.29, 0.717) is 19.7 Å². The SMILES string of the molecule is COC[C@@H]1CC(F)(F)CN1CCN. The van der Waals surface area contributed by atoms with Gasteiger partial charge in [0.2, 0.25) is 0 Å². The molecule has 0 aliphatic carbocycles. The summed E-state index contributed by atoms with van der Waals surface area (Å²) in [5.74, 6) is -2.57. The first-order valence-corrected chi connectivity index (χ1v) is 4.40. The summed E-state index contributed by atoms with van der Waals surface area (Å²) in [4.78, 5) is 1.70. The zero-order valence-electron chi connectivity index (χ0n) is 7.80. The Morgan fingerprint density at radius 3 is 2.85 bits per heavy atom. The summed E-state index contributed by atoms with van der Waals surface area (Å²) in [6.45, 7) is 1.10. The van der Waals surface area contributed by atoms with Crippen LogP contribution in [-0.2, 0) is 4.74 Å². The fraction of sp³-hybridized carbons (Fsp3) is 1.00. The van der Waals surface area contributed by atoms with Crippen LogP contribution in [0.15, 0.2) is 0 Å². The van der Waals surface area contributed by atoms with E-state index in [0.717, 1.165) is 0 Å². The number of methoxy groups -OCH3 is 1. The lowest BCUT2D eigenvalue weighted by Crippen LogP contribution is -2.37. The predicted octanol–water partition coefficient (Wildman–Crippen LogP) is 0.301. The van der Waals surface area contributed by atoms with E-state index in [9.17, 15) is 8.78 Å². The number of halogens is 2. The van der Waals surface area contributed by atoms with Crippen LogP contribution in [0, 0.1) is 0 Å². The third-order valence-electron chi connectivity index (χ3n) is 2.26. The first-order valence-electron chi connectivity index (χ1n) is 4.40. The van der Waals surface area contributed by atoms with E-state index in [1.807, 2.05) is 0 Å². The molecule has 0 aromatic rings. The molecule has 0 aromatic carbocycles. The van der Waals surface area contributed by atoms with Crippen LogP contribution < -0.4 is 5.73 Å². The maximum atomic E-state index is 13.0. The van der Waals surface area contributed by atoms with Crippen LogP contribution in [0.4, 0.5) is 8.78 Å². The van der Waals surface area contributed by atoms with Gasteiger partial charge in [0.25, 0.3) is 5.92 Å². The monoisotopic (exact) mass is 194 g/mol. The van der Waals surface area contributed by atoms with Crippen molar-refractivity contribution < 1.29 is 13.5 Å². The predicted molar refractivity (Wildman–Crippen MR) is 45.9 cm³/mol. The zero-order valence-corrected chi connectivity index (χ0v) is 7.80. The Kier molecular flexibility index (Phi) is 3.58. The fourth-order valence-corrected chi connectivity index (χ4v) is 1.75. The van der Waals surface area contributed by atoms with Gasteiger partial charge in [0.1, 0.15) is 0 Å². The highest BCUT2D eigenvalue weighted by atomic mass is 19.3. The van der Waals surface area contributed by atoms with Crippen LogP contribution >= 0.6 is 0 Å². The Morgan fingerprint density at radius 2 is 2.31 bits per heavy atom. The molecule has 0 spiro atoms. The fourth-order valence-electron chi connectivity index (χ4n) is 1.75. The second-order valence-corrected chi connectivity index (χ2v) is 3.43. The highest BCUT2D eigenvalue weighted by Crippen LogP contribution is 2.31. The second-order valence-electron chi connectivity index (χ2n) is 3.43. The zero-order chi connectivity index (χ0) is 9.90. The lowest BCUT2D eigenvalue weighted by molar-refractivity contribution is 0.0119. The molecule has 1 aliphatic heterocycles. The summed E-state index contributed by atoms with van der Waals surface area (Å²) < 4.78 is 30.8. The van der Waals surface area contributed by atoms with E-state index in [2.05, 4.69) is 0 Å². The number of hydrogen-bond donors (Lipinski definition) is 1. The largest absolute Gasteiger partial charge is 0.383 e. The van der Waals surface area contributed by atoms with Crippen LogP contribution in [0.3, 0.4) is 0 Å². The molecule has 5 heteroatoms. The topological polar surface area (TPSA) is 38.5 Å². The lowest BCUT2D eigenvalue weighted by atomic mass is 10.2. The van der Waals surface area contributed by atoms with Gasteiger partial charge < -0.3 is 10.5 Å². The number of nitrogens with zero attached hydrogens (tertiary/aromatic N) is 1. The first kappa shape index (κ1) is 10.8. The molecule has 0 bridgehead atoms. The Labute approximate surface area is 76.8 Å². The second kappa shape index (κ2) is 4.30. The molecule has 1 fully saturated rings. The molecular formula is C8H16F2N2O. The number of hydrogen-bond acceptors (Lipinski definition) is 3. The maximum absolute atomic E-state index is 13.0. The molecule has 0 amide bonds. The minimum Gasteiger partial charge on any atom is -0.383 e. The third-order valence-corrected chi connectivity index (χ3v) is 2.26. The molecule has 2 N–H and O–H groups in total. The molecule has 13 heavy (non-hydrogen) atoms. The van der Waals surface area contributed by atoms with Crippen LogP contribution in [-0.4, -0.2) is 50.2 Å². The van der Waals surface area contributed by atoms with Crippen molar-refractivity contribution in [1.82, 2.24) is 4.90 Å². The van der Waals surface area contributed by atoms with E-state index in [1.54, 1.807) is 4.90 Å². The molecule has 0 radical (unpaired) electrons. The normalized spacial score (nSPS) is 28.2. The van der Waals surface area contributed by atoms with Crippen molar-refractivity contribution >= 4 is 0 Å². The maximum Gasteiger partial charge on any atom is 0.262 e. The van der Waals surface area contributed by atoms with Crippen molar-refractivity contribution in [3.63, 3.8) is 0 Å². The van der Waals surface area contributed by atoms with Crippen molar-refractivity contribution in [3.8, 4) is 0 Å². The number of alkyl halides is 2. The Bertz CT molecular complexity index is 150. The van der Waals surface area contributed by atoms with Gasteiger partial charge in [0, 0.05) is 32.7 Å². The Balaban J connectivity index is 2.49. The quantitative estimate of drug-likeness (QED) is 0.699. The van der Waals surface area contributed by atoms with Crippen LogP contribution in [0.5, 0.6) is 0 Å². The molecule has 0 saturated carbocycles. The summed E-state index contributed by atoms with van der Waals surface area (Å²) in [5.41, 5.74) is 5.33. The van der Waals surface area contributed by atoms with Gasteiger partial charge in [-0.15, -0.1) is 0 Å². The van der Waals surface area contributed by atoms with Gasteiger partial charge in [-0.05, 0) is 0 Å². The van der Waals surface area contributed by atoms with Gasteiger partial charge in [0.05, 0.1) is 13.2 Å². The van der Waals surface area contributed by atoms with Gasteiger partial charge in [0.15, 0.2) is 0 Å². The van der Waals surface area contributed by atoms with Gasteiger partial charge in [-0.3, -0.25) is 4.90 Å². The molecule has 78 valence electrons. The lowest BCUT2D eigenvalue weighted by Gasteiger charge is -2.21. The van der Waals surface area contributed by atoms with E-state index < -0.39 is 5.92 Å².